The van der Waals surface area contributed by atoms with Crippen LogP contribution in [-0.2, 0) is 6.54 Å². The molecule has 0 amide bonds. The molecule has 0 fully saturated rings. The number of aryl methyl sites for hydroxylation is 1. The van der Waals surface area contributed by atoms with Gasteiger partial charge in [-0.2, -0.15) is 0 Å². The summed E-state index contributed by atoms with van der Waals surface area (Å²) in [5.41, 5.74) is 3.17. The normalized spacial score (nSPS) is 10.8. The minimum Gasteiger partial charge on any atom is -0.477 e. The number of rotatable bonds is 3. The van der Waals surface area contributed by atoms with Crippen LogP contribution in [0.1, 0.15) is 21.7 Å². The third-order valence-corrected chi connectivity index (χ3v) is 3.47. The number of para-hydroxylation sites is 1. The van der Waals surface area contributed by atoms with E-state index in [1.54, 1.807) is 12.3 Å². The first kappa shape index (κ1) is 12.4. The van der Waals surface area contributed by atoms with E-state index in [0.29, 0.717) is 12.2 Å². The molecule has 1 N–H and O–H groups in total. The van der Waals surface area contributed by atoms with Crippen molar-refractivity contribution in [2.75, 3.05) is 0 Å². The van der Waals surface area contributed by atoms with Crippen LogP contribution >= 0.6 is 0 Å². The van der Waals surface area contributed by atoms with Gasteiger partial charge in [0.05, 0.1) is 6.54 Å². The van der Waals surface area contributed by atoms with E-state index in [1.165, 1.54) is 0 Å². The Morgan fingerprint density at radius 1 is 1.25 bits per heavy atom. The van der Waals surface area contributed by atoms with Crippen molar-refractivity contribution in [2.45, 2.75) is 13.5 Å². The van der Waals surface area contributed by atoms with Crippen LogP contribution in [0.3, 0.4) is 0 Å². The van der Waals surface area contributed by atoms with E-state index in [2.05, 4.69) is 4.98 Å². The summed E-state index contributed by atoms with van der Waals surface area (Å²) in [6.45, 7) is 2.44. The predicted octanol–water partition coefficient (Wildman–Crippen LogP) is 3.09. The van der Waals surface area contributed by atoms with Crippen LogP contribution in [0.2, 0.25) is 0 Å². The maximum atomic E-state index is 11.4. The van der Waals surface area contributed by atoms with Gasteiger partial charge in [-0.05, 0) is 30.7 Å². The van der Waals surface area contributed by atoms with Crippen LogP contribution < -0.4 is 0 Å². The summed E-state index contributed by atoms with van der Waals surface area (Å²) in [5, 5.41) is 10.3. The number of carboxylic acids is 1. The SMILES string of the molecule is Cc1ncccc1Cn1c(C(=O)O)cc2ccccc21. The Morgan fingerprint density at radius 2 is 2.05 bits per heavy atom. The number of hydrogen-bond acceptors (Lipinski definition) is 2. The zero-order chi connectivity index (χ0) is 14.1. The van der Waals surface area contributed by atoms with E-state index >= 15 is 0 Å². The van der Waals surface area contributed by atoms with Crippen molar-refractivity contribution in [1.29, 1.82) is 0 Å². The van der Waals surface area contributed by atoms with Crippen LogP contribution in [0.5, 0.6) is 0 Å². The predicted molar refractivity (Wildman–Crippen MR) is 77.0 cm³/mol. The third-order valence-electron chi connectivity index (χ3n) is 3.47. The fraction of sp³-hybridized carbons (Fsp3) is 0.125. The van der Waals surface area contributed by atoms with Crippen molar-refractivity contribution in [3.8, 4) is 0 Å². The molecular formula is C16H14N2O2. The molecule has 2 aromatic heterocycles. The quantitative estimate of drug-likeness (QED) is 0.792. The third kappa shape index (κ3) is 2.05. The molecule has 0 atom stereocenters. The summed E-state index contributed by atoms with van der Waals surface area (Å²) >= 11 is 0. The molecule has 0 radical (unpaired) electrons. The molecule has 2 heterocycles. The Balaban J connectivity index is 2.17. The van der Waals surface area contributed by atoms with E-state index in [-0.39, 0.29) is 0 Å². The molecule has 20 heavy (non-hydrogen) atoms. The van der Waals surface area contributed by atoms with Crippen LogP contribution in [0, 0.1) is 6.92 Å². The topological polar surface area (TPSA) is 55.1 Å². The summed E-state index contributed by atoms with van der Waals surface area (Å²) < 4.78 is 1.82. The maximum Gasteiger partial charge on any atom is 0.352 e. The van der Waals surface area contributed by atoms with Crippen molar-refractivity contribution >= 4 is 16.9 Å². The summed E-state index contributed by atoms with van der Waals surface area (Å²) in [5.74, 6) is -0.914. The number of benzene rings is 1. The molecule has 4 nitrogen and oxygen atoms in total. The van der Waals surface area contributed by atoms with Crippen LogP contribution in [0.4, 0.5) is 0 Å². The Morgan fingerprint density at radius 3 is 2.80 bits per heavy atom. The minimum absolute atomic E-state index is 0.300. The van der Waals surface area contributed by atoms with Gasteiger partial charge in [-0.15, -0.1) is 0 Å². The van der Waals surface area contributed by atoms with Crippen LogP contribution in [0.25, 0.3) is 10.9 Å². The van der Waals surface area contributed by atoms with Gasteiger partial charge in [0.15, 0.2) is 0 Å². The molecule has 0 saturated carbocycles. The number of carboxylic acid groups (broad SMARTS) is 1. The van der Waals surface area contributed by atoms with E-state index in [9.17, 15) is 9.90 Å². The van der Waals surface area contributed by atoms with Crippen molar-refractivity contribution in [3.05, 3.63) is 65.6 Å². The number of pyridine rings is 1. The highest BCUT2D eigenvalue weighted by molar-refractivity contribution is 5.94. The molecular weight excluding hydrogens is 252 g/mol. The molecule has 0 aliphatic carbocycles. The molecule has 1 aromatic carbocycles. The summed E-state index contributed by atoms with van der Waals surface area (Å²) in [4.78, 5) is 15.7. The summed E-state index contributed by atoms with van der Waals surface area (Å²) in [7, 11) is 0. The van der Waals surface area contributed by atoms with Gasteiger partial charge >= 0.3 is 5.97 Å². The van der Waals surface area contributed by atoms with E-state index in [4.69, 9.17) is 0 Å². The lowest BCUT2D eigenvalue weighted by Gasteiger charge is -2.10. The fourth-order valence-electron chi connectivity index (χ4n) is 2.41. The minimum atomic E-state index is -0.914. The van der Waals surface area contributed by atoms with Gasteiger partial charge in [-0.1, -0.05) is 24.3 Å². The highest BCUT2D eigenvalue weighted by Crippen LogP contribution is 2.21. The molecule has 0 unspecified atom stereocenters. The summed E-state index contributed by atoms with van der Waals surface area (Å²) in [6, 6.07) is 13.2. The molecule has 3 aromatic rings. The number of aromatic carboxylic acids is 1. The molecule has 100 valence electrons. The molecule has 3 rings (SSSR count). The zero-order valence-electron chi connectivity index (χ0n) is 11.1. The Labute approximate surface area is 116 Å². The number of hydrogen-bond donors (Lipinski definition) is 1. The second kappa shape index (κ2) is 4.81. The Hall–Kier alpha value is -2.62. The Kier molecular flexibility index (Phi) is 2.99. The highest BCUT2D eigenvalue weighted by atomic mass is 16.4. The first-order valence-electron chi connectivity index (χ1n) is 6.39. The van der Waals surface area contributed by atoms with Crippen LogP contribution in [-0.4, -0.2) is 20.6 Å². The monoisotopic (exact) mass is 266 g/mol. The lowest BCUT2D eigenvalue weighted by atomic mass is 10.2. The van der Waals surface area contributed by atoms with Gasteiger partial charge in [0.1, 0.15) is 5.69 Å². The lowest BCUT2D eigenvalue weighted by molar-refractivity contribution is 0.0686. The average Bonchev–Trinajstić information content (AvgIpc) is 2.81. The molecule has 0 aliphatic heterocycles. The van der Waals surface area contributed by atoms with Crippen LogP contribution in [0.15, 0.2) is 48.7 Å². The molecule has 0 bridgehead atoms. The molecule has 0 saturated heterocycles. The first-order valence-corrected chi connectivity index (χ1v) is 6.39. The maximum absolute atomic E-state index is 11.4. The standard InChI is InChI=1S/C16H14N2O2/c1-11-13(6-4-8-17-11)10-18-14-7-3-2-5-12(14)9-15(18)16(19)20/h2-9H,10H2,1H3,(H,19,20). The van der Waals surface area contributed by atoms with E-state index < -0.39 is 5.97 Å². The van der Waals surface area contributed by atoms with Gasteiger partial charge in [-0.25, -0.2) is 4.79 Å². The smallest absolute Gasteiger partial charge is 0.352 e. The van der Waals surface area contributed by atoms with Crippen molar-refractivity contribution < 1.29 is 9.90 Å². The van der Waals surface area contributed by atoms with Crippen molar-refractivity contribution in [2.24, 2.45) is 0 Å². The largest absolute Gasteiger partial charge is 0.477 e. The van der Waals surface area contributed by atoms with Gasteiger partial charge in [0, 0.05) is 22.8 Å². The van der Waals surface area contributed by atoms with Gasteiger partial charge < -0.3 is 9.67 Å². The molecule has 4 heteroatoms. The second-order valence-corrected chi connectivity index (χ2v) is 4.73. The molecule has 0 aliphatic rings. The lowest BCUT2D eigenvalue weighted by Crippen LogP contribution is -2.10. The van der Waals surface area contributed by atoms with Crippen molar-refractivity contribution in [3.63, 3.8) is 0 Å². The Bertz CT molecular complexity index is 790. The van der Waals surface area contributed by atoms with Gasteiger partial charge in [0.25, 0.3) is 0 Å². The number of fused-ring (bicyclic) bond motifs is 1. The van der Waals surface area contributed by atoms with E-state index in [0.717, 1.165) is 22.2 Å². The van der Waals surface area contributed by atoms with Gasteiger partial charge in [-0.3, -0.25) is 4.98 Å². The van der Waals surface area contributed by atoms with E-state index in [1.807, 2.05) is 47.9 Å². The second-order valence-electron chi connectivity index (χ2n) is 4.73. The highest BCUT2D eigenvalue weighted by Gasteiger charge is 2.15. The number of nitrogens with zero attached hydrogens (tertiary/aromatic N) is 2. The summed E-state index contributed by atoms with van der Waals surface area (Å²) in [6.07, 6.45) is 1.74. The van der Waals surface area contributed by atoms with Crippen molar-refractivity contribution in [1.82, 2.24) is 9.55 Å². The fourth-order valence-corrected chi connectivity index (χ4v) is 2.41. The number of aromatic nitrogens is 2. The number of carbonyl (C=O) groups is 1. The first-order chi connectivity index (χ1) is 9.66. The zero-order valence-corrected chi connectivity index (χ0v) is 11.1. The molecule has 0 spiro atoms. The van der Waals surface area contributed by atoms with Gasteiger partial charge in [0.2, 0.25) is 0 Å². The average molecular weight is 266 g/mol.